The summed E-state index contributed by atoms with van der Waals surface area (Å²) in [4.78, 5) is 1.31. The van der Waals surface area contributed by atoms with E-state index >= 15 is 0 Å². The van der Waals surface area contributed by atoms with Crippen LogP contribution in [0.4, 0.5) is 0 Å². The summed E-state index contributed by atoms with van der Waals surface area (Å²) in [7, 11) is 1.88. The lowest BCUT2D eigenvalue weighted by Gasteiger charge is -2.13. The Morgan fingerprint density at radius 2 is 2.13 bits per heavy atom. The number of aliphatic hydroxyl groups excluding tert-OH is 1. The Hall–Kier alpha value is -0.510. The molecule has 2 N–H and O–H groups in total. The third kappa shape index (κ3) is 3.86. The summed E-state index contributed by atoms with van der Waals surface area (Å²) in [5.41, 5.74) is 2.59. The lowest BCUT2D eigenvalue weighted by atomic mass is 10.2. The van der Waals surface area contributed by atoms with Crippen LogP contribution in [0.5, 0.6) is 0 Å². The molecule has 1 atom stereocenters. The molecule has 1 aromatic carbocycles. The zero-order valence-electron chi connectivity index (χ0n) is 9.58. The van der Waals surface area contributed by atoms with Crippen LogP contribution in [-0.2, 0) is 0 Å². The second-order valence-electron chi connectivity index (χ2n) is 3.75. The summed E-state index contributed by atoms with van der Waals surface area (Å²) in [6.45, 7) is 4.41. The number of aliphatic hydroxyl groups is 1. The van der Waals surface area contributed by atoms with Gasteiger partial charge in [0, 0.05) is 16.7 Å². The minimum atomic E-state index is 0.176. The van der Waals surface area contributed by atoms with Crippen molar-refractivity contribution in [1.82, 2.24) is 5.32 Å². The third-order valence-corrected chi connectivity index (χ3v) is 3.73. The van der Waals surface area contributed by atoms with Crippen LogP contribution in [-0.4, -0.2) is 30.6 Å². The van der Waals surface area contributed by atoms with E-state index in [4.69, 9.17) is 5.11 Å². The van der Waals surface area contributed by atoms with Gasteiger partial charge in [-0.15, -0.1) is 11.8 Å². The highest BCUT2D eigenvalue weighted by molar-refractivity contribution is 7.99. The van der Waals surface area contributed by atoms with Gasteiger partial charge in [0.2, 0.25) is 0 Å². The monoisotopic (exact) mass is 225 g/mol. The SMILES string of the molecule is CNC(CO)CSc1cc(C)ccc1C. The molecule has 1 aromatic rings. The van der Waals surface area contributed by atoms with Gasteiger partial charge in [0.15, 0.2) is 0 Å². The van der Waals surface area contributed by atoms with Crippen molar-refractivity contribution in [3.63, 3.8) is 0 Å². The van der Waals surface area contributed by atoms with E-state index in [1.807, 2.05) is 7.05 Å². The number of hydrogen-bond acceptors (Lipinski definition) is 3. The van der Waals surface area contributed by atoms with Crippen LogP contribution in [0.3, 0.4) is 0 Å². The molecule has 0 fully saturated rings. The third-order valence-electron chi connectivity index (χ3n) is 2.41. The summed E-state index contributed by atoms with van der Waals surface area (Å²) in [5.74, 6) is 0.900. The largest absolute Gasteiger partial charge is 0.395 e. The molecule has 0 spiro atoms. The number of benzene rings is 1. The van der Waals surface area contributed by atoms with Gasteiger partial charge in [0.25, 0.3) is 0 Å². The predicted octanol–water partition coefficient (Wildman–Crippen LogP) is 1.98. The molecule has 0 amide bonds. The number of likely N-dealkylation sites (N-methyl/N-ethyl adjacent to an activating group) is 1. The van der Waals surface area contributed by atoms with E-state index in [2.05, 4.69) is 37.4 Å². The molecular weight excluding hydrogens is 206 g/mol. The van der Waals surface area contributed by atoms with Gasteiger partial charge in [-0.3, -0.25) is 0 Å². The number of nitrogens with one attached hydrogen (secondary N) is 1. The molecule has 0 aromatic heterocycles. The van der Waals surface area contributed by atoms with Crippen LogP contribution in [0, 0.1) is 13.8 Å². The summed E-state index contributed by atoms with van der Waals surface area (Å²) >= 11 is 1.80. The maximum Gasteiger partial charge on any atom is 0.0592 e. The molecule has 0 aliphatic rings. The fourth-order valence-electron chi connectivity index (χ4n) is 1.28. The molecule has 15 heavy (non-hydrogen) atoms. The lowest BCUT2D eigenvalue weighted by Crippen LogP contribution is -2.31. The average molecular weight is 225 g/mol. The van der Waals surface area contributed by atoms with Crippen molar-refractivity contribution in [3.8, 4) is 0 Å². The van der Waals surface area contributed by atoms with Crippen molar-refractivity contribution >= 4 is 11.8 Å². The molecule has 1 unspecified atom stereocenters. The average Bonchev–Trinajstić information content (AvgIpc) is 2.24. The van der Waals surface area contributed by atoms with Gasteiger partial charge < -0.3 is 10.4 Å². The first-order valence-electron chi connectivity index (χ1n) is 5.15. The number of hydrogen-bond donors (Lipinski definition) is 2. The van der Waals surface area contributed by atoms with Crippen LogP contribution in [0.2, 0.25) is 0 Å². The summed E-state index contributed by atoms with van der Waals surface area (Å²) < 4.78 is 0. The van der Waals surface area contributed by atoms with Gasteiger partial charge in [-0.1, -0.05) is 17.7 Å². The first-order chi connectivity index (χ1) is 7.17. The van der Waals surface area contributed by atoms with Gasteiger partial charge >= 0.3 is 0 Å². The maximum atomic E-state index is 9.05. The van der Waals surface area contributed by atoms with Gasteiger partial charge in [0.05, 0.1) is 6.61 Å². The fourth-order valence-corrected chi connectivity index (χ4v) is 2.50. The highest BCUT2D eigenvalue weighted by atomic mass is 32.2. The van der Waals surface area contributed by atoms with Crippen molar-refractivity contribution in [2.45, 2.75) is 24.8 Å². The van der Waals surface area contributed by atoms with Crippen molar-refractivity contribution in [3.05, 3.63) is 29.3 Å². The van der Waals surface area contributed by atoms with E-state index in [1.54, 1.807) is 11.8 Å². The zero-order valence-corrected chi connectivity index (χ0v) is 10.4. The second-order valence-corrected chi connectivity index (χ2v) is 4.81. The predicted molar refractivity (Wildman–Crippen MR) is 66.6 cm³/mol. The number of aryl methyl sites for hydroxylation is 2. The maximum absolute atomic E-state index is 9.05. The van der Waals surface area contributed by atoms with Gasteiger partial charge in [0.1, 0.15) is 0 Å². The Kier molecular flexibility index (Phi) is 5.15. The molecule has 3 heteroatoms. The highest BCUT2D eigenvalue weighted by Crippen LogP contribution is 2.23. The lowest BCUT2D eigenvalue weighted by molar-refractivity contribution is 0.260. The summed E-state index contributed by atoms with van der Waals surface area (Å²) in [5, 5.41) is 12.1. The fraction of sp³-hybridized carbons (Fsp3) is 0.500. The van der Waals surface area contributed by atoms with Crippen LogP contribution >= 0.6 is 11.8 Å². The zero-order chi connectivity index (χ0) is 11.3. The highest BCUT2D eigenvalue weighted by Gasteiger charge is 2.06. The molecule has 0 saturated heterocycles. The molecule has 2 nitrogen and oxygen atoms in total. The minimum Gasteiger partial charge on any atom is -0.395 e. The van der Waals surface area contributed by atoms with E-state index < -0.39 is 0 Å². The number of rotatable bonds is 5. The molecule has 1 rings (SSSR count). The summed E-state index contributed by atoms with van der Waals surface area (Å²) in [6.07, 6.45) is 0. The molecule has 0 saturated carbocycles. The molecule has 0 aliphatic carbocycles. The smallest absolute Gasteiger partial charge is 0.0592 e. The van der Waals surface area contributed by atoms with Crippen molar-refractivity contribution in [2.75, 3.05) is 19.4 Å². The summed E-state index contributed by atoms with van der Waals surface area (Å²) in [6, 6.07) is 6.64. The Morgan fingerprint density at radius 1 is 1.40 bits per heavy atom. The van der Waals surface area contributed by atoms with Gasteiger partial charge in [-0.05, 0) is 32.5 Å². The van der Waals surface area contributed by atoms with E-state index in [0.29, 0.717) is 0 Å². The van der Waals surface area contributed by atoms with E-state index in [0.717, 1.165) is 5.75 Å². The molecule has 0 bridgehead atoms. The normalized spacial score (nSPS) is 12.8. The molecule has 0 heterocycles. The van der Waals surface area contributed by atoms with Gasteiger partial charge in [-0.2, -0.15) is 0 Å². The van der Waals surface area contributed by atoms with Crippen LogP contribution < -0.4 is 5.32 Å². The van der Waals surface area contributed by atoms with E-state index in [-0.39, 0.29) is 12.6 Å². The Bertz CT molecular complexity index is 310. The van der Waals surface area contributed by atoms with Crippen molar-refractivity contribution in [2.24, 2.45) is 0 Å². The van der Waals surface area contributed by atoms with Gasteiger partial charge in [-0.25, -0.2) is 0 Å². The Labute approximate surface area is 96.1 Å². The first-order valence-corrected chi connectivity index (χ1v) is 6.14. The topological polar surface area (TPSA) is 32.3 Å². The first kappa shape index (κ1) is 12.6. The van der Waals surface area contributed by atoms with Crippen LogP contribution in [0.25, 0.3) is 0 Å². The standard InChI is InChI=1S/C12H19NOS/c1-9-4-5-10(2)12(6-9)15-8-11(7-14)13-3/h4-6,11,13-14H,7-8H2,1-3H3. The van der Waals surface area contributed by atoms with Crippen molar-refractivity contribution in [1.29, 1.82) is 0 Å². The molecule has 0 radical (unpaired) electrons. The Morgan fingerprint density at radius 3 is 2.73 bits per heavy atom. The minimum absolute atomic E-state index is 0.176. The van der Waals surface area contributed by atoms with Crippen LogP contribution in [0.1, 0.15) is 11.1 Å². The molecular formula is C12H19NOS. The molecule has 84 valence electrons. The Balaban J connectivity index is 2.60. The van der Waals surface area contributed by atoms with E-state index in [1.165, 1.54) is 16.0 Å². The van der Waals surface area contributed by atoms with Crippen LogP contribution in [0.15, 0.2) is 23.1 Å². The van der Waals surface area contributed by atoms with E-state index in [9.17, 15) is 0 Å². The van der Waals surface area contributed by atoms with Crippen molar-refractivity contribution < 1.29 is 5.11 Å². The number of thioether (sulfide) groups is 1. The quantitative estimate of drug-likeness (QED) is 0.752. The molecule has 0 aliphatic heterocycles. The second kappa shape index (κ2) is 6.16.